The highest BCUT2D eigenvalue weighted by atomic mass is 32.2. The van der Waals surface area contributed by atoms with Gasteiger partial charge in [0.1, 0.15) is 12.4 Å². The lowest BCUT2D eigenvalue weighted by molar-refractivity contribution is -0.432. The Kier molecular flexibility index (Phi) is 8.20. The van der Waals surface area contributed by atoms with E-state index in [-0.39, 0.29) is 18.1 Å². The molecule has 0 aliphatic heterocycles. The zero-order valence-corrected chi connectivity index (χ0v) is 14.0. The third-order valence-corrected chi connectivity index (χ3v) is 3.32. The summed E-state index contributed by atoms with van der Waals surface area (Å²) in [6.07, 6.45) is 0. The highest BCUT2D eigenvalue weighted by Crippen LogP contribution is 2.43. The van der Waals surface area contributed by atoms with Gasteiger partial charge >= 0.3 is 0 Å². The number of aromatic hydroxyl groups is 1. The van der Waals surface area contributed by atoms with Gasteiger partial charge in [-0.05, 0) is 31.2 Å². The Labute approximate surface area is 138 Å². The number of hydrogen-bond acceptors (Lipinski definition) is 8. The average molecular weight is 337 g/mol. The monoisotopic (exact) mass is 337 g/mol. The lowest BCUT2D eigenvalue weighted by atomic mass is 10.1. The number of rotatable bonds is 6. The Balaban J connectivity index is 0.00000127. The fraction of sp³-hybridized carbons (Fsp3) is 0.267. The maximum absolute atomic E-state index is 10.4. The predicted octanol–water partition coefficient (Wildman–Crippen LogP) is 5.05. The molecule has 0 fully saturated rings. The van der Waals surface area contributed by atoms with E-state index >= 15 is 0 Å². The van der Waals surface area contributed by atoms with Crippen molar-refractivity contribution in [3.05, 3.63) is 29.8 Å². The van der Waals surface area contributed by atoms with Gasteiger partial charge < -0.3 is 5.11 Å². The van der Waals surface area contributed by atoms with Crippen LogP contribution >= 0.6 is 12.0 Å². The summed E-state index contributed by atoms with van der Waals surface area (Å²) in [7, 11) is 0. The standard InChI is InChI=1S/C13H13N3O4S.C2H6/c1-8-3-4-9-6-11(21-20-19-18)12(16-15-7-14-2)13(17)10(9)5-8;1-2/h3-6,17-18H,2,7H2,1H3;1-2H3. The molecule has 0 saturated carbocycles. The molecule has 2 aromatic carbocycles. The van der Waals surface area contributed by atoms with Gasteiger partial charge in [0.25, 0.3) is 0 Å². The smallest absolute Gasteiger partial charge is 0.152 e. The second-order valence-corrected chi connectivity index (χ2v) is 4.87. The number of azo groups is 1. The van der Waals surface area contributed by atoms with E-state index in [2.05, 4.69) is 31.3 Å². The van der Waals surface area contributed by atoms with Crippen molar-refractivity contribution in [3.63, 3.8) is 0 Å². The van der Waals surface area contributed by atoms with Gasteiger partial charge in [-0.2, -0.15) is 5.11 Å². The maximum Gasteiger partial charge on any atom is 0.152 e. The quantitative estimate of drug-likeness (QED) is 0.253. The van der Waals surface area contributed by atoms with E-state index in [0.29, 0.717) is 22.3 Å². The fourth-order valence-corrected chi connectivity index (χ4v) is 2.31. The first-order valence-corrected chi connectivity index (χ1v) is 7.62. The van der Waals surface area contributed by atoms with Crippen molar-refractivity contribution in [1.82, 2.24) is 0 Å². The summed E-state index contributed by atoms with van der Waals surface area (Å²) < 4.78 is 4.42. The number of nitrogens with zero attached hydrogens (tertiary/aromatic N) is 3. The number of aliphatic imine (C=N–C) groups is 1. The molecule has 0 bridgehead atoms. The van der Waals surface area contributed by atoms with Gasteiger partial charge in [-0.1, -0.05) is 36.6 Å². The first-order valence-electron chi connectivity index (χ1n) is 6.88. The van der Waals surface area contributed by atoms with E-state index in [1.807, 2.05) is 39.0 Å². The normalized spacial score (nSPS) is 10.6. The lowest BCUT2D eigenvalue weighted by Crippen LogP contribution is -1.84. The molecular weight excluding hydrogens is 318 g/mol. The van der Waals surface area contributed by atoms with E-state index in [0.717, 1.165) is 10.9 Å². The average Bonchev–Trinajstić information content (AvgIpc) is 2.58. The van der Waals surface area contributed by atoms with Gasteiger partial charge in [-0.3, -0.25) is 4.99 Å². The molecule has 0 aliphatic carbocycles. The van der Waals surface area contributed by atoms with Crippen LogP contribution in [0.5, 0.6) is 5.75 Å². The Morgan fingerprint density at radius 2 is 2.00 bits per heavy atom. The van der Waals surface area contributed by atoms with E-state index in [4.69, 9.17) is 5.26 Å². The minimum atomic E-state index is -0.0342. The van der Waals surface area contributed by atoms with Crippen molar-refractivity contribution in [1.29, 1.82) is 0 Å². The van der Waals surface area contributed by atoms with Crippen LogP contribution in [-0.4, -0.2) is 23.7 Å². The summed E-state index contributed by atoms with van der Waals surface area (Å²) in [5.41, 5.74) is 1.21. The van der Waals surface area contributed by atoms with Crippen molar-refractivity contribution in [2.24, 2.45) is 15.2 Å². The number of phenolic OH excluding ortho intramolecular Hbond substituents is 1. The highest BCUT2D eigenvalue weighted by Gasteiger charge is 2.14. The molecule has 7 nitrogen and oxygen atoms in total. The molecule has 0 aliphatic rings. The largest absolute Gasteiger partial charge is 0.505 e. The van der Waals surface area contributed by atoms with Crippen molar-refractivity contribution in [2.45, 2.75) is 25.7 Å². The zero-order valence-electron chi connectivity index (χ0n) is 13.2. The van der Waals surface area contributed by atoms with Gasteiger partial charge in [-0.25, -0.2) is 5.26 Å². The molecule has 0 unspecified atom stereocenters. The second kappa shape index (κ2) is 9.90. The topological polar surface area (TPSA) is 96.0 Å². The number of fused-ring (bicyclic) bond motifs is 1. The van der Waals surface area contributed by atoms with Crippen LogP contribution in [0.15, 0.2) is 44.4 Å². The molecule has 23 heavy (non-hydrogen) atoms. The summed E-state index contributed by atoms with van der Waals surface area (Å²) in [5, 5.41) is 31.4. The summed E-state index contributed by atoms with van der Waals surface area (Å²) in [5.74, 6) is -0.0342. The number of hydrogen-bond donors (Lipinski definition) is 2. The Hall–Kier alpha value is -2.00. The van der Waals surface area contributed by atoms with Crippen LogP contribution in [0.3, 0.4) is 0 Å². The van der Waals surface area contributed by atoms with Gasteiger partial charge in [0.2, 0.25) is 0 Å². The molecule has 0 aromatic heterocycles. The predicted molar refractivity (Wildman–Crippen MR) is 91.3 cm³/mol. The van der Waals surface area contributed by atoms with Crippen LogP contribution < -0.4 is 0 Å². The van der Waals surface area contributed by atoms with Crippen LogP contribution in [0.2, 0.25) is 0 Å². The SMILES string of the molecule is C=NCN=Nc1c(SOOO)cc2ccc(C)cc2c1O.CC. The molecule has 0 amide bonds. The second-order valence-electron chi connectivity index (χ2n) is 4.13. The lowest BCUT2D eigenvalue weighted by Gasteiger charge is -2.09. The molecule has 0 radical (unpaired) electrons. The molecular formula is C15H19N3O4S. The third kappa shape index (κ3) is 5.00. The molecule has 2 rings (SSSR count). The van der Waals surface area contributed by atoms with E-state index in [1.54, 1.807) is 6.07 Å². The molecule has 124 valence electrons. The minimum absolute atomic E-state index is 0.0342. The Bertz CT molecular complexity index is 692. The van der Waals surface area contributed by atoms with Crippen LogP contribution in [0.4, 0.5) is 5.69 Å². The van der Waals surface area contributed by atoms with Crippen LogP contribution in [0.25, 0.3) is 10.8 Å². The first-order chi connectivity index (χ1) is 11.2. The van der Waals surface area contributed by atoms with E-state index < -0.39 is 0 Å². The van der Waals surface area contributed by atoms with Gasteiger partial charge in [-0.15, -0.1) is 9.45 Å². The Morgan fingerprint density at radius 1 is 1.26 bits per heavy atom. The first kappa shape index (κ1) is 19.0. The number of phenols is 1. The van der Waals surface area contributed by atoms with Gasteiger partial charge in [0.15, 0.2) is 5.75 Å². The van der Waals surface area contributed by atoms with Gasteiger partial charge in [0.05, 0.1) is 16.9 Å². The summed E-state index contributed by atoms with van der Waals surface area (Å²) in [6, 6.07) is 7.37. The van der Waals surface area contributed by atoms with Crippen molar-refractivity contribution < 1.29 is 19.7 Å². The van der Waals surface area contributed by atoms with Crippen molar-refractivity contribution in [2.75, 3.05) is 6.67 Å². The summed E-state index contributed by atoms with van der Waals surface area (Å²) in [6.45, 7) is 9.30. The molecule has 2 N–H and O–H groups in total. The zero-order chi connectivity index (χ0) is 17.2. The van der Waals surface area contributed by atoms with E-state index in [9.17, 15) is 5.11 Å². The molecule has 0 atom stereocenters. The third-order valence-electron chi connectivity index (χ3n) is 2.70. The maximum atomic E-state index is 10.4. The van der Waals surface area contributed by atoms with Crippen LogP contribution in [0, 0.1) is 6.92 Å². The number of aryl methyl sites for hydroxylation is 1. The van der Waals surface area contributed by atoms with E-state index in [1.165, 1.54) is 0 Å². The van der Waals surface area contributed by atoms with Crippen molar-refractivity contribution in [3.8, 4) is 5.75 Å². The summed E-state index contributed by atoms with van der Waals surface area (Å²) >= 11 is 0.706. The minimum Gasteiger partial charge on any atom is -0.505 e. The van der Waals surface area contributed by atoms with Crippen LogP contribution in [-0.2, 0) is 9.37 Å². The van der Waals surface area contributed by atoms with Crippen molar-refractivity contribution >= 4 is 35.2 Å². The highest BCUT2D eigenvalue weighted by molar-refractivity contribution is 7.94. The molecule has 0 saturated heterocycles. The van der Waals surface area contributed by atoms with Gasteiger partial charge in [0, 0.05) is 5.39 Å². The molecule has 8 heteroatoms. The van der Waals surface area contributed by atoms with Crippen LogP contribution in [0.1, 0.15) is 19.4 Å². The Morgan fingerprint density at radius 3 is 2.65 bits per heavy atom. The fourth-order valence-electron chi connectivity index (χ4n) is 1.81. The number of benzene rings is 2. The summed E-state index contributed by atoms with van der Waals surface area (Å²) in [4.78, 5) is 3.99. The molecule has 0 heterocycles. The molecule has 2 aromatic rings. The molecule has 0 spiro atoms.